The largest absolute Gasteiger partial charge is 0.744 e. The molecule has 0 fully saturated rings. The quantitative estimate of drug-likeness (QED) is 0.207. The molecule has 0 radical (unpaired) electrons. The first-order valence-corrected chi connectivity index (χ1v) is 13.4. The van der Waals surface area contributed by atoms with Gasteiger partial charge in [0.2, 0.25) is 11.0 Å². The van der Waals surface area contributed by atoms with Crippen molar-refractivity contribution < 1.29 is 22.6 Å². The topological polar surface area (TPSA) is 84.5 Å². The molecular weight excluding hydrogens is 484 g/mol. The summed E-state index contributed by atoms with van der Waals surface area (Å²) in [5, 5.41) is 11.7. The van der Waals surface area contributed by atoms with Gasteiger partial charge < -0.3 is 14.6 Å². The van der Waals surface area contributed by atoms with Gasteiger partial charge in [0.05, 0.1) is 22.3 Å². The summed E-state index contributed by atoms with van der Waals surface area (Å²) in [7, 11) is -0.145. The smallest absolute Gasteiger partial charge is 0.213 e. The lowest BCUT2D eigenvalue weighted by Crippen LogP contribution is -2.30. The number of likely N-dealkylation sites (N-methyl/N-ethyl adjacent to an activating group) is 1. The SMILES string of the molecule is CN(CCO)c1ccc(-c2c3ccccc3[n+](C)c3ccccc23)cc1.Cc1ccc(S(=O)(=O)[O-])cc1. The Morgan fingerprint density at radius 2 is 1.32 bits per heavy atom. The number of hydrogen-bond donors (Lipinski definition) is 1. The number of aryl methyl sites for hydroxylation is 2. The van der Waals surface area contributed by atoms with Gasteiger partial charge in [-0.15, -0.1) is 0 Å². The Hall–Kier alpha value is -3.78. The van der Waals surface area contributed by atoms with E-state index >= 15 is 0 Å². The maximum absolute atomic E-state index is 10.4. The van der Waals surface area contributed by atoms with Gasteiger partial charge in [-0.2, -0.15) is 4.57 Å². The van der Waals surface area contributed by atoms with E-state index in [1.54, 1.807) is 12.1 Å². The third-order valence-electron chi connectivity index (χ3n) is 6.41. The third-order valence-corrected chi connectivity index (χ3v) is 7.26. The molecule has 5 rings (SSSR count). The summed E-state index contributed by atoms with van der Waals surface area (Å²) in [6.45, 7) is 2.61. The first-order chi connectivity index (χ1) is 17.7. The number of aromatic nitrogens is 1. The lowest BCUT2D eigenvalue weighted by atomic mass is 9.95. The molecule has 190 valence electrons. The Balaban J connectivity index is 0.000000245. The van der Waals surface area contributed by atoms with Crippen LogP contribution in [0, 0.1) is 6.92 Å². The second-order valence-electron chi connectivity index (χ2n) is 8.93. The number of para-hydroxylation sites is 2. The average molecular weight is 515 g/mol. The van der Waals surface area contributed by atoms with E-state index in [4.69, 9.17) is 5.11 Å². The Morgan fingerprint density at radius 3 is 1.81 bits per heavy atom. The van der Waals surface area contributed by atoms with Gasteiger partial charge in [0.25, 0.3) is 0 Å². The highest BCUT2D eigenvalue weighted by Gasteiger charge is 2.18. The minimum atomic E-state index is -4.27. The van der Waals surface area contributed by atoms with Crippen LogP contribution in [0.1, 0.15) is 5.56 Å². The molecule has 0 aliphatic carbocycles. The molecule has 6 nitrogen and oxygen atoms in total. The minimum Gasteiger partial charge on any atom is -0.744 e. The van der Waals surface area contributed by atoms with Crippen LogP contribution < -0.4 is 9.47 Å². The van der Waals surface area contributed by atoms with E-state index in [9.17, 15) is 13.0 Å². The number of fused-ring (bicyclic) bond motifs is 2. The summed E-state index contributed by atoms with van der Waals surface area (Å²) in [6, 6.07) is 31.5. The van der Waals surface area contributed by atoms with E-state index in [0.29, 0.717) is 6.54 Å². The first kappa shape index (κ1) is 26.3. The Labute approximate surface area is 217 Å². The molecule has 1 heterocycles. The van der Waals surface area contributed by atoms with Crippen LogP contribution >= 0.6 is 0 Å². The predicted molar refractivity (Wildman–Crippen MR) is 148 cm³/mol. The maximum atomic E-state index is 10.4. The fourth-order valence-electron chi connectivity index (χ4n) is 4.41. The van der Waals surface area contributed by atoms with Gasteiger partial charge in [0.1, 0.15) is 17.2 Å². The zero-order valence-corrected chi connectivity index (χ0v) is 21.9. The molecule has 5 aromatic rings. The first-order valence-electron chi connectivity index (χ1n) is 11.9. The Bertz CT molecular complexity index is 1570. The summed E-state index contributed by atoms with van der Waals surface area (Å²) in [6.07, 6.45) is 0. The average Bonchev–Trinajstić information content (AvgIpc) is 2.89. The van der Waals surface area contributed by atoms with E-state index in [2.05, 4.69) is 89.3 Å². The fraction of sp³-hybridized carbons (Fsp3) is 0.167. The minimum absolute atomic E-state index is 0.155. The van der Waals surface area contributed by atoms with Gasteiger partial charge in [0, 0.05) is 37.0 Å². The van der Waals surface area contributed by atoms with Crippen molar-refractivity contribution in [3.05, 3.63) is 103 Å². The van der Waals surface area contributed by atoms with Crippen LogP contribution in [-0.4, -0.2) is 38.3 Å². The van der Waals surface area contributed by atoms with E-state index in [0.717, 1.165) is 11.3 Å². The van der Waals surface area contributed by atoms with Crippen LogP contribution in [0.2, 0.25) is 0 Å². The van der Waals surface area contributed by atoms with Gasteiger partial charge in [-0.05, 0) is 48.9 Å². The number of benzene rings is 4. The highest BCUT2D eigenvalue weighted by Crippen LogP contribution is 2.34. The summed E-state index contributed by atoms with van der Waals surface area (Å²) in [4.78, 5) is 1.88. The molecule has 1 N–H and O–H groups in total. The van der Waals surface area contributed by atoms with Crippen molar-refractivity contribution in [1.29, 1.82) is 0 Å². The molecule has 0 atom stereocenters. The van der Waals surface area contributed by atoms with E-state index in [1.165, 1.54) is 45.1 Å². The summed E-state index contributed by atoms with van der Waals surface area (Å²) in [5.74, 6) is 0. The number of hydrogen-bond acceptors (Lipinski definition) is 5. The van der Waals surface area contributed by atoms with Crippen LogP contribution in [0.15, 0.2) is 102 Å². The van der Waals surface area contributed by atoms with Gasteiger partial charge in [-0.25, -0.2) is 8.42 Å². The Kier molecular flexibility index (Phi) is 7.88. The number of aliphatic hydroxyl groups is 1. The highest BCUT2D eigenvalue weighted by atomic mass is 32.2. The van der Waals surface area contributed by atoms with Crippen molar-refractivity contribution in [2.24, 2.45) is 7.05 Å². The number of anilines is 1. The number of aliphatic hydroxyl groups excluding tert-OH is 1. The second kappa shape index (κ2) is 11.1. The lowest BCUT2D eigenvalue weighted by molar-refractivity contribution is -0.617. The van der Waals surface area contributed by atoms with Gasteiger partial charge >= 0.3 is 0 Å². The Morgan fingerprint density at radius 1 is 0.811 bits per heavy atom. The molecule has 0 bridgehead atoms. The molecule has 0 saturated carbocycles. The van der Waals surface area contributed by atoms with Crippen molar-refractivity contribution in [1.82, 2.24) is 0 Å². The molecule has 0 aliphatic heterocycles. The van der Waals surface area contributed by atoms with E-state index in [1.807, 2.05) is 14.0 Å². The molecule has 4 aromatic carbocycles. The van der Waals surface area contributed by atoms with Crippen LogP contribution in [0.4, 0.5) is 5.69 Å². The molecule has 0 saturated heterocycles. The summed E-state index contributed by atoms with van der Waals surface area (Å²) in [5.41, 5.74) is 6.96. The number of rotatable bonds is 5. The third kappa shape index (κ3) is 5.80. The maximum Gasteiger partial charge on any atom is 0.213 e. The monoisotopic (exact) mass is 514 g/mol. The van der Waals surface area contributed by atoms with Gasteiger partial charge in [0.15, 0.2) is 0 Å². The van der Waals surface area contributed by atoms with Crippen LogP contribution in [-0.2, 0) is 17.2 Å². The number of nitrogens with zero attached hydrogens (tertiary/aromatic N) is 2. The number of pyridine rings is 1. The highest BCUT2D eigenvalue weighted by molar-refractivity contribution is 7.85. The summed E-state index contributed by atoms with van der Waals surface area (Å²) < 4.78 is 33.4. The molecule has 0 spiro atoms. The molecule has 1 aromatic heterocycles. The summed E-state index contributed by atoms with van der Waals surface area (Å²) >= 11 is 0. The predicted octanol–water partition coefficient (Wildman–Crippen LogP) is 4.81. The van der Waals surface area contributed by atoms with Crippen molar-refractivity contribution >= 4 is 37.6 Å². The van der Waals surface area contributed by atoms with Crippen molar-refractivity contribution in [3.63, 3.8) is 0 Å². The van der Waals surface area contributed by atoms with Crippen LogP contribution in [0.3, 0.4) is 0 Å². The second-order valence-corrected chi connectivity index (χ2v) is 10.3. The van der Waals surface area contributed by atoms with E-state index in [-0.39, 0.29) is 11.5 Å². The lowest BCUT2D eigenvalue weighted by Gasteiger charge is -2.18. The molecular formula is C30H30N2O4S. The van der Waals surface area contributed by atoms with Crippen molar-refractivity contribution in [2.45, 2.75) is 11.8 Å². The van der Waals surface area contributed by atoms with Crippen molar-refractivity contribution in [3.8, 4) is 11.1 Å². The molecule has 0 aliphatic rings. The van der Waals surface area contributed by atoms with E-state index < -0.39 is 10.1 Å². The zero-order valence-electron chi connectivity index (χ0n) is 21.1. The fourth-order valence-corrected chi connectivity index (χ4v) is 4.88. The molecule has 37 heavy (non-hydrogen) atoms. The standard InChI is InChI=1S/C23H23N2O.C7H8O3S/c1-24(15-16-26)18-13-11-17(12-14-18)23-19-7-3-5-9-21(19)25(2)22-10-6-4-8-20(22)23;1-6-2-4-7(5-3-6)11(8,9)10/h3-14,26H,15-16H2,1-2H3;2-5H,1H3,(H,8,9,10)/q+1;/p-1. The van der Waals surface area contributed by atoms with Gasteiger partial charge in [-0.1, -0.05) is 54.1 Å². The van der Waals surface area contributed by atoms with Crippen LogP contribution in [0.25, 0.3) is 32.9 Å². The van der Waals surface area contributed by atoms with Crippen molar-refractivity contribution in [2.75, 3.05) is 25.1 Å². The van der Waals surface area contributed by atoms with Gasteiger partial charge in [-0.3, -0.25) is 0 Å². The normalized spacial score (nSPS) is 11.3. The zero-order chi connectivity index (χ0) is 26.6. The molecule has 7 heteroatoms. The molecule has 0 unspecified atom stereocenters. The molecule has 0 amide bonds. The van der Waals surface area contributed by atoms with Crippen LogP contribution in [0.5, 0.6) is 0 Å².